The summed E-state index contributed by atoms with van der Waals surface area (Å²) in [7, 11) is 0. The maximum Gasteiger partial charge on any atom is 0.0649 e. The molecule has 0 unspecified atom stereocenters. The van der Waals surface area contributed by atoms with Crippen molar-refractivity contribution in [2.75, 3.05) is 26.2 Å². The highest BCUT2D eigenvalue weighted by atomic mass is 35.5. The minimum absolute atomic E-state index is 0. The molecule has 0 aromatic carbocycles. The Bertz CT molecular complexity index is 495. The van der Waals surface area contributed by atoms with Crippen molar-refractivity contribution in [3.8, 4) is 0 Å². The van der Waals surface area contributed by atoms with E-state index >= 15 is 0 Å². The van der Waals surface area contributed by atoms with Crippen molar-refractivity contribution >= 4 is 48.0 Å². The van der Waals surface area contributed by atoms with Crippen LogP contribution in [0.1, 0.15) is 24.8 Å². The number of piperidine rings is 2. The van der Waals surface area contributed by atoms with E-state index in [2.05, 4.69) is 15.2 Å². The van der Waals surface area contributed by atoms with Crippen LogP contribution in [0.15, 0.2) is 12.4 Å². The van der Waals surface area contributed by atoms with Gasteiger partial charge in [-0.15, -0.1) is 24.8 Å². The maximum atomic E-state index is 10.4. The Labute approximate surface area is 159 Å². The van der Waals surface area contributed by atoms with Crippen molar-refractivity contribution in [3.63, 3.8) is 0 Å². The van der Waals surface area contributed by atoms with Crippen molar-refractivity contribution in [2.45, 2.75) is 31.9 Å². The van der Waals surface area contributed by atoms with Gasteiger partial charge in [0.1, 0.15) is 0 Å². The lowest BCUT2D eigenvalue weighted by Gasteiger charge is -2.48. The van der Waals surface area contributed by atoms with Gasteiger partial charge in [0.05, 0.1) is 16.1 Å². The molecule has 2 N–H and O–H groups in total. The first kappa shape index (κ1) is 21.2. The first-order valence-corrected chi connectivity index (χ1v) is 8.25. The highest BCUT2D eigenvalue weighted by Gasteiger charge is 2.43. The first-order chi connectivity index (χ1) is 10.1. The average molecular weight is 403 g/mol. The number of nitrogens with one attached hydrogen (secondary N) is 1. The van der Waals surface area contributed by atoms with E-state index in [9.17, 15) is 5.11 Å². The Morgan fingerprint density at radius 3 is 2.65 bits per heavy atom. The van der Waals surface area contributed by atoms with E-state index in [1.807, 2.05) is 0 Å². The van der Waals surface area contributed by atoms with Crippen LogP contribution in [0.5, 0.6) is 0 Å². The zero-order chi connectivity index (χ0) is 14.9. The van der Waals surface area contributed by atoms with E-state index in [1.54, 1.807) is 12.4 Å². The monoisotopic (exact) mass is 401 g/mol. The number of hydrogen-bond acceptors (Lipinski definition) is 4. The topological polar surface area (TPSA) is 48.4 Å². The van der Waals surface area contributed by atoms with Crippen molar-refractivity contribution in [3.05, 3.63) is 28.0 Å². The fourth-order valence-corrected chi connectivity index (χ4v) is 4.11. The van der Waals surface area contributed by atoms with E-state index < -0.39 is 0 Å². The van der Waals surface area contributed by atoms with Gasteiger partial charge in [-0.1, -0.05) is 23.2 Å². The highest BCUT2D eigenvalue weighted by molar-refractivity contribution is 6.35. The lowest BCUT2D eigenvalue weighted by molar-refractivity contribution is -0.0514. The molecule has 0 bridgehead atoms. The van der Waals surface area contributed by atoms with E-state index in [1.165, 1.54) is 0 Å². The quantitative estimate of drug-likeness (QED) is 0.797. The number of likely N-dealkylation sites (tertiary alicyclic amines) is 1. The third-order valence-corrected chi connectivity index (χ3v) is 5.45. The molecule has 4 nitrogen and oxygen atoms in total. The lowest BCUT2D eigenvalue weighted by atomic mass is 9.72. The van der Waals surface area contributed by atoms with Crippen molar-refractivity contribution < 1.29 is 5.11 Å². The number of halogens is 4. The predicted molar refractivity (Wildman–Crippen MR) is 99.2 cm³/mol. The predicted octanol–water partition coefficient (Wildman–Crippen LogP) is 3.17. The number of nitrogens with zero attached hydrogens (tertiary/aromatic N) is 2. The molecule has 23 heavy (non-hydrogen) atoms. The van der Waals surface area contributed by atoms with Crippen LogP contribution in [0.4, 0.5) is 0 Å². The van der Waals surface area contributed by atoms with Crippen LogP contribution >= 0.6 is 48.0 Å². The van der Waals surface area contributed by atoms with Gasteiger partial charge in [0.15, 0.2) is 0 Å². The zero-order valence-corrected chi connectivity index (χ0v) is 15.9. The third-order valence-electron chi connectivity index (χ3n) is 4.80. The van der Waals surface area contributed by atoms with E-state index in [0.717, 1.165) is 51.0 Å². The van der Waals surface area contributed by atoms with Crippen LogP contribution in [-0.2, 0) is 6.54 Å². The molecule has 0 amide bonds. The molecular formula is C15H23Cl4N3O. The molecule has 2 aliphatic rings. The lowest BCUT2D eigenvalue weighted by Crippen LogP contribution is -2.57. The molecule has 1 aromatic heterocycles. The Morgan fingerprint density at radius 2 is 2.00 bits per heavy atom. The summed E-state index contributed by atoms with van der Waals surface area (Å²) in [4.78, 5) is 6.35. The number of aromatic nitrogens is 1. The fourth-order valence-electron chi connectivity index (χ4n) is 3.62. The highest BCUT2D eigenvalue weighted by Crippen LogP contribution is 2.37. The molecule has 8 heteroatoms. The average Bonchev–Trinajstić information content (AvgIpc) is 2.47. The summed E-state index contributed by atoms with van der Waals surface area (Å²) < 4.78 is 0. The van der Waals surface area contributed by atoms with Crippen LogP contribution in [0, 0.1) is 5.41 Å². The third kappa shape index (κ3) is 4.63. The van der Waals surface area contributed by atoms with Gasteiger partial charge in [-0.25, -0.2) is 0 Å². The molecule has 0 radical (unpaired) electrons. The van der Waals surface area contributed by atoms with Crippen LogP contribution in [0.2, 0.25) is 10.0 Å². The summed E-state index contributed by atoms with van der Waals surface area (Å²) >= 11 is 12.4. The Kier molecular flexibility index (Phi) is 8.35. The molecule has 1 aromatic rings. The molecule has 2 fully saturated rings. The molecular weight excluding hydrogens is 380 g/mol. The molecule has 0 aliphatic carbocycles. The first-order valence-electron chi connectivity index (χ1n) is 7.50. The fraction of sp³-hybridized carbons (Fsp3) is 0.667. The second-order valence-electron chi connectivity index (χ2n) is 6.24. The van der Waals surface area contributed by atoms with Crippen LogP contribution in [0.3, 0.4) is 0 Å². The van der Waals surface area contributed by atoms with Gasteiger partial charge >= 0.3 is 0 Å². The Balaban J connectivity index is 0.00000132. The normalized spacial score (nSPS) is 28.0. The van der Waals surface area contributed by atoms with Gasteiger partial charge in [0.2, 0.25) is 0 Å². The van der Waals surface area contributed by atoms with Gasteiger partial charge in [0, 0.05) is 43.0 Å². The second-order valence-corrected chi connectivity index (χ2v) is 7.05. The van der Waals surface area contributed by atoms with E-state index in [4.69, 9.17) is 23.2 Å². The van der Waals surface area contributed by atoms with Gasteiger partial charge in [0.25, 0.3) is 0 Å². The zero-order valence-electron chi connectivity index (χ0n) is 12.8. The molecule has 3 rings (SSSR count). The van der Waals surface area contributed by atoms with Gasteiger partial charge < -0.3 is 10.4 Å². The Hall–Kier alpha value is 0.190. The summed E-state index contributed by atoms with van der Waals surface area (Å²) in [5.41, 5.74) is 0.909. The van der Waals surface area contributed by atoms with Crippen molar-refractivity contribution in [2.24, 2.45) is 5.41 Å². The Morgan fingerprint density at radius 1 is 1.30 bits per heavy atom. The standard InChI is InChI=1S/C15H21Cl2N3O.2ClH/c16-12-6-19-7-13(17)11(12)8-20-5-1-3-15(10-20)9-18-4-2-14(15)21;;/h6-7,14,18,21H,1-5,8-10H2;2*1H/t14-,15-;;/m0../s1. The summed E-state index contributed by atoms with van der Waals surface area (Å²) in [5, 5.41) is 15.1. The number of rotatable bonds is 2. The summed E-state index contributed by atoms with van der Waals surface area (Å²) in [6, 6.07) is 0. The summed E-state index contributed by atoms with van der Waals surface area (Å²) in [5.74, 6) is 0. The van der Waals surface area contributed by atoms with Crippen molar-refractivity contribution in [1.82, 2.24) is 15.2 Å². The minimum atomic E-state index is -0.218. The van der Waals surface area contributed by atoms with Crippen molar-refractivity contribution in [1.29, 1.82) is 0 Å². The molecule has 3 heterocycles. The van der Waals surface area contributed by atoms with Gasteiger partial charge in [-0.3, -0.25) is 9.88 Å². The summed E-state index contributed by atoms with van der Waals surface area (Å²) in [6.45, 7) is 4.42. The maximum absolute atomic E-state index is 10.4. The molecule has 132 valence electrons. The number of hydrogen-bond donors (Lipinski definition) is 2. The smallest absolute Gasteiger partial charge is 0.0649 e. The largest absolute Gasteiger partial charge is 0.392 e. The molecule has 2 saturated heterocycles. The second kappa shape index (κ2) is 9.04. The van der Waals surface area contributed by atoms with Crippen LogP contribution in [0.25, 0.3) is 0 Å². The number of aliphatic hydroxyl groups excluding tert-OH is 1. The van der Waals surface area contributed by atoms with E-state index in [0.29, 0.717) is 16.6 Å². The van der Waals surface area contributed by atoms with E-state index in [-0.39, 0.29) is 36.3 Å². The molecule has 0 saturated carbocycles. The molecule has 1 spiro atoms. The van der Waals surface area contributed by atoms with Gasteiger partial charge in [-0.05, 0) is 32.4 Å². The van der Waals surface area contributed by atoms with Crippen LogP contribution in [-0.4, -0.2) is 47.3 Å². The molecule has 2 aliphatic heterocycles. The number of aliphatic hydroxyl groups is 1. The minimum Gasteiger partial charge on any atom is -0.392 e. The number of pyridine rings is 1. The molecule has 2 atom stereocenters. The van der Waals surface area contributed by atoms with Crippen LogP contribution < -0.4 is 5.32 Å². The SMILES string of the molecule is Cl.Cl.O[C@H]1CCNC[C@]12CCCN(Cc1c(Cl)cncc1Cl)C2. The van der Waals surface area contributed by atoms with Gasteiger partial charge in [-0.2, -0.15) is 0 Å². The summed E-state index contributed by atoms with van der Waals surface area (Å²) in [6.07, 6.45) is 6.07.